The van der Waals surface area contributed by atoms with E-state index < -0.39 is 0 Å². The maximum Gasteiger partial charge on any atom is 0.200 e. The molecule has 2 aromatic carbocycles. The first-order valence-electron chi connectivity index (χ1n) is 5.82. The number of rotatable bonds is 4. The predicted octanol–water partition coefficient (Wildman–Crippen LogP) is 4.78. The molecule has 21 heavy (non-hydrogen) atoms. The summed E-state index contributed by atoms with van der Waals surface area (Å²) in [6, 6.07) is 11.3. The van der Waals surface area contributed by atoms with Crippen LogP contribution in [-0.4, -0.2) is 12.4 Å². The van der Waals surface area contributed by atoms with Crippen molar-refractivity contribution in [1.29, 1.82) is 5.26 Å². The van der Waals surface area contributed by atoms with Gasteiger partial charge in [-0.25, -0.2) is 0 Å². The second-order valence-electron chi connectivity index (χ2n) is 4.07. The second kappa shape index (κ2) is 6.82. The van der Waals surface area contributed by atoms with E-state index in [0.717, 1.165) is 0 Å². The van der Waals surface area contributed by atoms with Crippen LogP contribution in [0.4, 0.5) is 0 Å². The van der Waals surface area contributed by atoms with E-state index in [1.54, 1.807) is 24.3 Å². The van der Waals surface area contributed by atoms with Crippen LogP contribution in [0.2, 0.25) is 15.1 Å². The number of nitriles is 1. The third-order valence-corrected chi connectivity index (χ3v) is 3.74. The second-order valence-corrected chi connectivity index (χ2v) is 5.29. The first-order chi connectivity index (χ1) is 10.0. The number of ketones is 1. The Morgan fingerprint density at radius 3 is 2.52 bits per heavy atom. The lowest BCUT2D eigenvalue weighted by Gasteiger charge is -2.08. The molecule has 0 bridgehead atoms. The Kier molecular flexibility index (Phi) is 5.08. The molecule has 0 N–H and O–H groups in total. The molecule has 0 radical (unpaired) electrons. The topological polar surface area (TPSA) is 50.1 Å². The highest BCUT2D eigenvalue weighted by molar-refractivity contribution is 6.42. The van der Waals surface area contributed by atoms with Crippen LogP contribution in [0.1, 0.15) is 15.9 Å². The highest BCUT2D eigenvalue weighted by Gasteiger charge is 2.12. The molecule has 0 aliphatic heterocycles. The van der Waals surface area contributed by atoms with E-state index in [1.165, 1.54) is 12.1 Å². The summed E-state index contributed by atoms with van der Waals surface area (Å²) in [5.74, 6) is -0.0177. The quantitative estimate of drug-likeness (QED) is 0.753. The fourth-order valence-electron chi connectivity index (χ4n) is 1.63. The monoisotopic (exact) mass is 339 g/mol. The van der Waals surface area contributed by atoms with Crippen molar-refractivity contribution in [3.05, 3.63) is 62.6 Å². The van der Waals surface area contributed by atoms with Gasteiger partial charge in [0.2, 0.25) is 0 Å². The van der Waals surface area contributed by atoms with Crippen molar-refractivity contribution in [2.45, 2.75) is 0 Å². The number of carbonyl (C=O) groups excluding carboxylic acids is 1. The minimum atomic E-state index is -0.280. The Labute approximate surface area is 136 Å². The lowest BCUT2D eigenvalue weighted by atomic mass is 10.1. The third-order valence-electron chi connectivity index (χ3n) is 2.69. The molecule has 0 amide bonds. The number of halogens is 3. The lowest BCUT2D eigenvalue weighted by Crippen LogP contribution is -2.12. The Morgan fingerprint density at radius 1 is 1.10 bits per heavy atom. The fourth-order valence-corrected chi connectivity index (χ4v) is 2.14. The van der Waals surface area contributed by atoms with Gasteiger partial charge in [0, 0.05) is 5.56 Å². The van der Waals surface area contributed by atoms with E-state index in [-0.39, 0.29) is 28.7 Å². The average Bonchev–Trinajstić information content (AvgIpc) is 2.47. The minimum Gasteiger partial charge on any atom is -0.484 e. The molecule has 6 heteroatoms. The first-order valence-corrected chi connectivity index (χ1v) is 6.96. The van der Waals surface area contributed by atoms with Crippen molar-refractivity contribution in [2.24, 2.45) is 0 Å². The molecule has 0 fully saturated rings. The van der Waals surface area contributed by atoms with Gasteiger partial charge < -0.3 is 4.74 Å². The summed E-state index contributed by atoms with van der Waals surface area (Å²) >= 11 is 17.5. The van der Waals surface area contributed by atoms with E-state index in [0.29, 0.717) is 15.6 Å². The van der Waals surface area contributed by atoms with Crippen LogP contribution in [0, 0.1) is 11.3 Å². The van der Waals surface area contributed by atoms with Gasteiger partial charge in [0.15, 0.2) is 12.4 Å². The van der Waals surface area contributed by atoms with Crippen molar-refractivity contribution >= 4 is 40.6 Å². The van der Waals surface area contributed by atoms with Crippen molar-refractivity contribution in [3.8, 4) is 11.8 Å². The highest BCUT2D eigenvalue weighted by Crippen LogP contribution is 2.26. The van der Waals surface area contributed by atoms with Gasteiger partial charge in [-0.05, 0) is 30.3 Å². The van der Waals surface area contributed by atoms with Crippen LogP contribution < -0.4 is 4.74 Å². The van der Waals surface area contributed by atoms with E-state index >= 15 is 0 Å². The molecule has 106 valence electrons. The summed E-state index contributed by atoms with van der Waals surface area (Å²) in [4.78, 5) is 12.0. The molecule has 0 unspecified atom stereocenters. The molecular formula is C15H8Cl3NO2. The molecule has 0 aliphatic rings. The van der Waals surface area contributed by atoms with Crippen molar-refractivity contribution in [2.75, 3.05) is 6.61 Å². The normalized spacial score (nSPS) is 10.0. The third kappa shape index (κ3) is 3.68. The number of hydrogen-bond donors (Lipinski definition) is 0. The molecule has 2 aromatic rings. The van der Waals surface area contributed by atoms with E-state index in [2.05, 4.69) is 0 Å². The summed E-state index contributed by atoms with van der Waals surface area (Å²) in [7, 11) is 0. The number of Topliss-reactive ketones (excluding diaryl/α,β-unsaturated/α-hetero) is 1. The maximum absolute atomic E-state index is 12.0. The molecule has 2 rings (SSSR count). The van der Waals surface area contributed by atoms with Gasteiger partial charge in [0.25, 0.3) is 0 Å². The van der Waals surface area contributed by atoms with Gasteiger partial charge >= 0.3 is 0 Å². The lowest BCUT2D eigenvalue weighted by molar-refractivity contribution is 0.0921. The Hall–Kier alpha value is -1.73. The number of hydrogen-bond acceptors (Lipinski definition) is 3. The number of carbonyl (C=O) groups is 1. The standard InChI is InChI=1S/C15H8Cl3NO2/c16-11-2-1-3-15(10(11)7-19)21-8-14(20)9-4-5-12(17)13(18)6-9/h1-6H,8H2. The van der Waals surface area contributed by atoms with E-state index in [1.807, 2.05) is 6.07 Å². The van der Waals surface area contributed by atoms with E-state index in [9.17, 15) is 4.79 Å². The summed E-state index contributed by atoms with van der Waals surface area (Å²) in [5.41, 5.74) is 0.575. The fraction of sp³-hybridized carbons (Fsp3) is 0.0667. The zero-order valence-corrected chi connectivity index (χ0v) is 12.8. The summed E-state index contributed by atoms with van der Waals surface area (Å²) < 4.78 is 5.36. The Balaban J connectivity index is 2.13. The summed E-state index contributed by atoms with van der Waals surface area (Å²) in [5, 5.41) is 9.96. The van der Waals surface area contributed by atoms with Crippen LogP contribution >= 0.6 is 34.8 Å². The van der Waals surface area contributed by atoms with Crippen LogP contribution in [0.25, 0.3) is 0 Å². The average molecular weight is 341 g/mol. The zero-order chi connectivity index (χ0) is 15.4. The molecule has 3 nitrogen and oxygen atoms in total. The summed E-state index contributed by atoms with van der Waals surface area (Å²) in [6.45, 7) is -0.229. The summed E-state index contributed by atoms with van der Waals surface area (Å²) in [6.07, 6.45) is 0. The number of nitrogens with zero attached hydrogens (tertiary/aromatic N) is 1. The van der Waals surface area contributed by atoms with Crippen molar-refractivity contribution in [1.82, 2.24) is 0 Å². The van der Waals surface area contributed by atoms with Crippen LogP contribution in [0.3, 0.4) is 0 Å². The van der Waals surface area contributed by atoms with Gasteiger partial charge in [-0.1, -0.05) is 40.9 Å². The maximum atomic E-state index is 12.0. The predicted molar refractivity (Wildman–Crippen MR) is 82.5 cm³/mol. The highest BCUT2D eigenvalue weighted by atomic mass is 35.5. The SMILES string of the molecule is N#Cc1c(Cl)cccc1OCC(=O)c1ccc(Cl)c(Cl)c1. The molecule has 0 aromatic heterocycles. The minimum absolute atomic E-state index is 0.195. The molecule has 0 aliphatic carbocycles. The molecule has 0 saturated heterocycles. The zero-order valence-electron chi connectivity index (χ0n) is 10.6. The molecule has 0 spiro atoms. The van der Waals surface area contributed by atoms with Gasteiger partial charge in [-0.15, -0.1) is 0 Å². The van der Waals surface area contributed by atoms with Crippen molar-refractivity contribution < 1.29 is 9.53 Å². The van der Waals surface area contributed by atoms with Gasteiger partial charge in [-0.3, -0.25) is 4.79 Å². The van der Waals surface area contributed by atoms with E-state index in [4.69, 9.17) is 44.8 Å². The number of ether oxygens (including phenoxy) is 1. The molecule has 0 atom stereocenters. The Morgan fingerprint density at radius 2 is 1.86 bits per heavy atom. The van der Waals surface area contributed by atoms with Gasteiger partial charge in [0.05, 0.1) is 15.1 Å². The molecular weight excluding hydrogens is 333 g/mol. The largest absolute Gasteiger partial charge is 0.484 e. The first kappa shape index (κ1) is 15.7. The molecule has 0 saturated carbocycles. The molecule has 0 heterocycles. The Bertz CT molecular complexity index is 738. The van der Waals surface area contributed by atoms with Gasteiger partial charge in [0.1, 0.15) is 17.4 Å². The van der Waals surface area contributed by atoms with Crippen molar-refractivity contribution in [3.63, 3.8) is 0 Å². The van der Waals surface area contributed by atoms with Crippen LogP contribution in [0.15, 0.2) is 36.4 Å². The van der Waals surface area contributed by atoms with Crippen LogP contribution in [-0.2, 0) is 0 Å². The smallest absolute Gasteiger partial charge is 0.200 e. The number of benzene rings is 2. The van der Waals surface area contributed by atoms with Crippen LogP contribution in [0.5, 0.6) is 5.75 Å². The van der Waals surface area contributed by atoms with Gasteiger partial charge in [-0.2, -0.15) is 5.26 Å².